The molecule has 0 unspecified atom stereocenters. The van der Waals surface area contributed by atoms with E-state index < -0.39 is 17.8 Å². The summed E-state index contributed by atoms with van der Waals surface area (Å²) >= 11 is 6.54. The molecule has 0 bridgehead atoms. The summed E-state index contributed by atoms with van der Waals surface area (Å²) < 4.78 is 20.0. The van der Waals surface area contributed by atoms with E-state index in [4.69, 9.17) is 16.3 Å². The molecule has 8 heteroatoms. The molecule has 3 aromatic carbocycles. The van der Waals surface area contributed by atoms with Crippen LogP contribution in [0.25, 0.3) is 6.08 Å². The molecule has 1 aliphatic heterocycles. The number of hydrogen-bond donors (Lipinski definition) is 1. The zero-order valence-corrected chi connectivity index (χ0v) is 19.9. The number of ether oxygens (including phenoxy) is 1. The third-order valence-electron chi connectivity index (χ3n) is 5.51. The number of nitrogens with one attached hydrogen (secondary N) is 1. The van der Waals surface area contributed by atoms with Crippen LogP contribution < -0.4 is 15.0 Å². The summed E-state index contributed by atoms with van der Waals surface area (Å²) in [5, 5.41) is 2.49. The third-order valence-corrected chi connectivity index (χ3v) is 5.84. The fraction of sp³-hybridized carbons (Fsp3) is 0.148. The van der Waals surface area contributed by atoms with Crippen LogP contribution in [0.1, 0.15) is 29.2 Å². The van der Waals surface area contributed by atoms with Gasteiger partial charge in [0.2, 0.25) is 0 Å². The van der Waals surface area contributed by atoms with E-state index in [1.807, 2.05) is 6.92 Å². The lowest BCUT2D eigenvalue weighted by Gasteiger charge is -2.26. The Bertz CT molecular complexity index is 1350. The summed E-state index contributed by atoms with van der Waals surface area (Å²) in [6.45, 7) is 4.01. The summed E-state index contributed by atoms with van der Waals surface area (Å²) in [6, 6.07) is 15.5. The number of rotatable bonds is 6. The highest BCUT2D eigenvalue weighted by Gasteiger charge is 2.36. The van der Waals surface area contributed by atoms with Gasteiger partial charge in [-0.15, -0.1) is 0 Å². The molecule has 1 fully saturated rings. The summed E-state index contributed by atoms with van der Waals surface area (Å²) in [5.74, 6) is -1.52. The number of carbonyl (C=O) groups is 3. The van der Waals surface area contributed by atoms with Crippen molar-refractivity contribution in [2.45, 2.75) is 20.3 Å². The second-order valence-corrected chi connectivity index (χ2v) is 8.38. The minimum atomic E-state index is -0.825. The maximum Gasteiger partial charge on any atom is 0.335 e. The smallest absolute Gasteiger partial charge is 0.335 e. The molecule has 4 amide bonds. The summed E-state index contributed by atoms with van der Waals surface area (Å²) in [4.78, 5) is 39.0. The maximum absolute atomic E-state index is 14.2. The lowest BCUT2D eigenvalue weighted by molar-refractivity contribution is -0.122. The quantitative estimate of drug-likeness (QED) is 0.367. The van der Waals surface area contributed by atoms with E-state index in [0.29, 0.717) is 39.8 Å². The summed E-state index contributed by atoms with van der Waals surface area (Å²) in [6.07, 6.45) is 1.55. The molecule has 0 aromatic heterocycles. The molecule has 0 radical (unpaired) electrons. The van der Waals surface area contributed by atoms with Gasteiger partial charge in [0, 0.05) is 17.0 Å². The number of urea groups is 1. The lowest BCUT2D eigenvalue weighted by atomic mass is 10.00. The van der Waals surface area contributed by atoms with Gasteiger partial charge in [0.1, 0.15) is 17.1 Å². The Morgan fingerprint density at radius 3 is 2.46 bits per heavy atom. The van der Waals surface area contributed by atoms with Crippen molar-refractivity contribution in [1.82, 2.24) is 5.32 Å². The van der Waals surface area contributed by atoms with Crippen LogP contribution in [0.4, 0.5) is 14.9 Å². The molecule has 1 N–H and O–H groups in total. The van der Waals surface area contributed by atoms with E-state index >= 15 is 0 Å². The van der Waals surface area contributed by atoms with Gasteiger partial charge in [0.25, 0.3) is 11.8 Å². The first-order valence-electron chi connectivity index (χ1n) is 10.9. The fourth-order valence-electron chi connectivity index (χ4n) is 3.76. The first kappa shape index (κ1) is 24.2. The van der Waals surface area contributed by atoms with Gasteiger partial charge in [0.05, 0.1) is 12.3 Å². The SMILES string of the molecule is CCOc1cc(/C=C2\C(=O)NC(=O)N(c3ccc(C)cc3)C2=O)cc(Cl)c1Cc1ccccc1F. The topological polar surface area (TPSA) is 75.7 Å². The van der Waals surface area contributed by atoms with Gasteiger partial charge >= 0.3 is 6.03 Å². The Balaban J connectivity index is 1.72. The second-order valence-electron chi connectivity index (χ2n) is 7.97. The van der Waals surface area contributed by atoms with Crippen molar-refractivity contribution in [1.29, 1.82) is 0 Å². The highest BCUT2D eigenvalue weighted by Crippen LogP contribution is 2.33. The zero-order valence-electron chi connectivity index (χ0n) is 19.1. The fourth-order valence-corrected chi connectivity index (χ4v) is 4.04. The monoisotopic (exact) mass is 492 g/mol. The van der Waals surface area contributed by atoms with Crippen molar-refractivity contribution < 1.29 is 23.5 Å². The molecule has 1 aliphatic rings. The van der Waals surface area contributed by atoms with Crippen molar-refractivity contribution in [3.05, 3.63) is 99.3 Å². The number of aryl methyl sites for hydroxylation is 1. The Hall–Kier alpha value is -3.97. The van der Waals surface area contributed by atoms with E-state index in [0.717, 1.165) is 10.5 Å². The second kappa shape index (κ2) is 10.1. The number of imide groups is 2. The molecule has 0 saturated carbocycles. The van der Waals surface area contributed by atoms with Crippen LogP contribution in [0.3, 0.4) is 0 Å². The highest BCUT2D eigenvalue weighted by atomic mass is 35.5. The zero-order chi connectivity index (χ0) is 25.1. The molecule has 0 aliphatic carbocycles. The van der Waals surface area contributed by atoms with E-state index in [9.17, 15) is 18.8 Å². The molecule has 3 aromatic rings. The molecule has 0 atom stereocenters. The van der Waals surface area contributed by atoms with Crippen molar-refractivity contribution in [3.8, 4) is 5.75 Å². The van der Waals surface area contributed by atoms with Gasteiger partial charge in [-0.1, -0.05) is 47.5 Å². The minimum Gasteiger partial charge on any atom is -0.494 e. The van der Waals surface area contributed by atoms with Crippen LogP contribution in [0.15, 0.2) is 66.2 Å². The maximum atomic E-state index is 14.2. The Morgan fingerprint density at radius 1 is 1.06 bits per heavy atom. The van der Waals surface area contributed by atoms with Crippen LogP contribution in [0.2, 0.25) is 5.02 Å². The Labute approximate surface area is 207 Å². The first-order chi connectivity index (χ1) is 16.8. The van der Waals surface area contributed by atoms with Crippen molar-refractivity contribution in [2.24, 2.45) is 0 Å². The van der Waals surface area contributed by atoms with Gasteiger partial charge in [0.15, 0.2) is 0 Å². The number of hydrogen-bond acceptors (Lipinski definition) is 4. The van der Waals surface area contributed by atoms with Crippen LogP contribution >= 0.6 is 11.6 Å². The molecule has 1 saturated heterocycles. The van der Waals surface area contributed by atoms with Crippen LogP contribution in [0, 0.1) is 12.7 Å². The average molecular weight is 493 g/mol. The summed E-state index contributed by atoms with van der Waals surface area (Å²) in [7, 11) is 0. The molecule has 6 nitrogen and oxygen atoms in total. The standard InChI is InChI=1S/C27H22ClFN2O4/c1-3-35-24-14-17(13-22(28)20(24)15-18-6-4-5-7-23(18)29)12-21-25(32)30-27(34)31(26(21)33)19-10-8-16(2)9-11-19/h4-14H,3,15H2,1-2H3,(H,30,32,34)/b21-12+. The molecule has 1 heterocycles. The van der Waals surface area contributed by atoms with Gasteiger partial charge in [-0.05, 0) is 61.4 Å². The lowest BCUT2D eigenvalue weighted by Crippen LogP contribution is -2.54. The number of nitrogens with zero attached hydrogens (tertiary/aromatic N) is 1. The van der Waals surface area contributed by atoms with E-state index in [-0.39, 0.29) is 17.8 Å². The Morgan fingerprint density at radius 2 is 1.77 bits per heavy atom. The van der Waals surface area contributed by atoms with Crippen LogP contribution in [0.5, 0.6) is 5.75 Å². The van der Waals surface area contributed by atoms with E-state index in [1.54, 1.807) is 61.5 Å². The molecule has 35 heavy (non-hydrogen) atoms. The van der Waals surface area contributed by atoms with Gasteiger partial charge in [-0.2, -0.15) is 0 Å². The van der Waals surface area contributed by atoms with Gasteiger partial charge in [-0.3, -0.25) is 14.9 Å². The van der Waals surface area contributed by atoms with Crippen LogP contribution in [-0.4, -0.2) is 24.5 Å². The van der Waals surface area contributed by atoms with Crippen molar-refractivity contribution in [2.75, 3.05) is 11.5 Å². The summed E-state index contributed by atoms with van der Waals surface area (Å²) in [5.41, 5.74) is 2.52. The van der Waals surface area contributed by atoms with Crippen molar-refractivity contribution >= 4 is 41.2 Å². The molecule has 178 valence electrons. The van der Waals surface area contributed by atoms with Gasteiger partial charge in [-0.25, -0.2) is 14.1 Å². The van der Waals surface area contributed by atoms with E-state index in [2.05, 4.69) is 5.32 Å². The first-order valence-corrected chi connectivity index (χ1v) is 11.3. The number of anilines is 1. The number of amides is 4. The highest BCUT2D eigenvalue weighted by molar-refractivity contribution is 6.39. The number of carbonyl (C=O) groups excluding carboxylic acids is 3. The molecular weight excluding hydrogens is 471 g/mol. The third kappa shape index (κ3) is 5.10. The number of halogens is 2. The molecular formula is C27H22ClFN2O4. The largest absolute Gasteiger partial charge is 0.494 e. The average Bonchev–Trinajstić information content (AvgIpc) is 2.81. The predicted octanol–water partition coefficient (Wildman–Crippen LogP) is 5.44. The van der Waals surface area contributed by atoms with Crippen LogP contribution in [-0.2, 0) is 16.0 Å². The minimum absolute atomic E-state index is 0.201. The van der Waals surface area contributed by atoms with Gasteiger partial charge < -0.3 is 4.74 Å². The molecule has 4 rings (SSSR count). The van der Waals surface area contributed by atoms with E-state index in [1.165, 1.54) is 12.1 Å². The predicted molar refractivity (Wildman–Crippen MR) is 132 cm³/mol. The number of benzene rings is 3. The normalized spacial score (nSPS) is 14.9. The molecule has 0 spiro atoms. The van der Waals surface area contributed by atoms with Crippen molar-refractivity contribution in [3.63, 3.8) is 0 Å². The number of barbiturate groups is 1. The Kier molecular flexibility index (Phi) is 6.98.